The van der Waals surface area contributed by atoms with Crippen molar-refractivity contribution in [3.63, 3.8) is 0 Å². The molecular formula is C15H26N4O2. The van der Waals surface area contributed by atoms with Gasteiger partial charge in [0.05, 0.1) is 26.2 Å². The number of carbonyl (C=O) groups excluding carboxylic acids is 2. The van der Waals surface area contributed by atoms with E-state index in [0.29, 0.717) is 32.2 Å². The first-order valence-electron chi connectivity index (χ1n) is 8.18. The zero-order chi connectivity index (χ0) is 14.8. The third-order valence-electron chi connectivity index (χ3n) is 4.99. The zero-order valence-electron chi connectivity index (χ0n) is 13.0. The molecule has 6 heteroatoms. The van der Waals surface area contributed by atoms with Gasteiger partial charge in [-0.15, -0.1) is 0 Å². The second kappa shape index (κ2) is 6.32. The maximum absolute atomic E-state index is 12.5. The molecule has 2 heterocycles. The van der Waals surface area contributed by atoms with Crippen LogP contribution in [0.4, 0.5) is 0 Å². The second-order valence-electron chi connectivity index (χ2n) is 6.53. The highest BCUT2D eigenvalue weighted by Gasteiger charge is 2.35. The van der Waals surface area contributed by atoms with Crippen LogP contribution in [0, 0.1) is 0 Å². The second-order valence-corrected chi connectivity index (χ2v) is 6.53. The molecule has 0 radical (unpaired) electrons. The molecule has 6 nitrogen and oxygen atoms in total. The molecule has 0 spiro atoms. The Bertz CT molecular complexity index is 408. The van der Waals surface area contributed by atoms with Crippen molar-refractivity contribution in [3.05, 3.63) is 0 Å². The van der Waals surface area contributed by atoms with E-state index in [4.69, 9.17) is 0 Å². The number of hydrogen-bond acceptors (Lipinski definition) is 4. The predicted octanol–water partition coefficient (Wildman–Crippen LogP) is 0.152. The van der Waals surface area contributed by atoms with Gasteiger partial charge in [0, 0.05) is 19.1 Å². The molecule has 3 fully saturated rings. The van der Waals surface area contributed by atoms with Gasteiger partial charge in [-0.2, -0.15) is 0 Å². The van der Waals surface area contributed by atoms with Gasteiger partial charge in [-0.1, -0.05) is 19.3 Å². The van der Waals surface area contributed by atoms with Crippen LogP contribution in [0.1, 0.15) is 32.1 Å². The minimum Gasteiger partial charge on any atom is -0.296 e. The van der Waals surface area contributed by atoms with Crippen molar-refractivity contribution in [1.82, 2.24) is 19.8 Å². The molecule has 2 aliphatic heterocycles. The topological polar surface area (TPSA) is 47.1 Å². The lowest BCUT2D eigenvalue weighted by Gasteiger charge is -2.45. The summed E-state index contributed by atoms with van der Waals surface area (Å²) in [5, 5.41) is 3.36. The van der Waals surface area contributed by atoms with Crippen molar-refractivity contribution >= 4 is 11.8 Å². The van der Waals surface area contributed by atoms with Crippen LogP contribution in [0.2, 0.25) is 0 Å². The molecule has 0 aromatic rings. The summed E-state index contributed by atoms with van der Waals surface area (Å²) in [6, 6.07) is 0.577. The summed E-state index contributed by atoms with van der Waals surface area (Å²) in [7, 11) is 1.94. The Balaban J connectivity index is 1.58. The van der Waals surface area contributed by atoms with Gasteiger partial charge in [-0.05, 0) is 19.9 Å². The first-order valence-corrected chi connectivity index (χ1v) is 8.18. The third kappa shape index (κ3) is 3.21. The largest absolute Gasteiger partial charge is 0.296 e. The smallest absolute Gasteiger partial charge is 0.255 e. The number of carbonyl (C=O) groups is 2. The molecule has 0 unspecified atom stereocenters. The Labute approximate surface area is 126 Å². The van der Waals surface area contributed by atoms with Gasteiger partial charge in [0.1, 0.15) is 0 Å². The van der Waals surface area contributed by atoms with E-state index in [0.717, 1.165) is 13.1 Å². The summed E-state index contributed by atoms with van der Waals surface area (Å²) in [5.41, 5.74) is 0. The quantitative estimate of drug-likeness (QED) is 0.727. The van der Waals surface area contributed by atoms with Crippen LogP contribution >= 0.6 is 0 Å². The normalized spacial score (nSPS) is 27.5. The zero-order valence-corrected chi connectivity index (χ0v) is 13.0. The molecule has 2 amide bonds. The Morgan fingerprint density at radius 1 is 0.810 bits per heavy atom. The van der Waals surface area contributed by atoms with Crippen molar-refractivity contribution in [1.29, 1.82) is 0 Å². The van der Waals surface area contributed by atoms with E-state index < -0.39 is 0 Å². The number of amides is 2. The van der Waals surface area contributed by atoms with Crippen molar-refractivity contribution in [2.45, 2.75) is 38.1 Å². The molecule has 0 N–H and O–H groups in total. The first kappa shape index (κ1) is 14.8. The van der Waals surface area contributed by atoms with E-state index in [1.165, 1.54) is 32.1 Å². The van der Waals surface area contributed by atoms with Gasteiger partial charge >= 0.3 is 0 Å². The highest BCUT2D eigenvalue weighted by molar-refractivity contribution is 5.85. The first-order chi connectivity index (χ1) is 10.1. The van der Waals surface area contributed by atoms with E-state index in [1.54, 1.807) is 10.0 Å². The van der Waals surface area contributed by atoms with Crippen LogP contribution in [-0.4, -0.2) is 84.0 Å². The number of piperazine rings is 2. The van der Waals surface area contributed by atoms with Crippen molar-refractivity contribution in [3.8, 4) is 0 Å². The fraction of sp³-hybridized carbons (Fsp3) is 0.867. The molecule has 118 valence electrons. The Morgan fingerprint density at radius 3 is 2.05 bits per heavy atom. The van der Waals surface area contributed by atoms with E-state index in [1.807, 2.05) is 11.9 Å². The number of rotatable bonds is 2. The number of likely N-dealkylation sites (N-methyl/N-ethyl adjacent to an activating group) is 1. The van der Waals surface area contributed by atoms with E-state index in [9.17, 15) is 9.59 Å². The van der Waals surface area contributed by atoms with Crippen molar-refractivity contribution in [2.24, 2.45) is 0 Å². The standard InChI is InChI=1S/C15H26N4O2/c1-16-7-9-18(14(20)11-16)19-10-8-17(12-15(19)21)13-5-3-2-4-6-13/h13H,2-12H2,1H3. The average molecular weight is 294 g/mol. The minimum atomic E-state index is 0.0446. The Morgan fingerprint density at radius 2 is 1.43 bits per heavy atom. The molecule has 0 atom stereocenters. The maximum Gasteiger partial charge on any atom is 0.255 e. The van der Waals surface area contributed by atoms with Gasteiger partial charge in [-0.25, -0.2) is 10.0 Å². The number of hydrazine groups is 1. The summed E-state index contributed by atoms with van der Waals surface area (Å²) in [4.78, 5) is 28.9. The molecule has 0 aromatic carbocycles. The fourth-order valence-electron chi connectivity index (χ4n) is 3.73. The lowest BCUT2D eigenvalue weighted by Crippen LogP contribution is -2.63. The van der Waals surface area contributed by atoms with Gasteiger partial charge in [0.2, 0.25) is 0 Å². The van der Waals surface area contributed by atoms with Crippen LogP contribution in [0.5, 0.6) is 0 Å². The molecule has 3 aliphatic rings. The lowest BCUT2D eigenvalue weighted by atomic mass is 9.94. The van der Waals surface area contributed by atoms with Gasteiger partial charge in [-0.3, -0.25) is 19.4 Å². The molecule has 21 heavy (non-hydrogen) atoms. The Hall–Kier alpha value is -1.14. The molecule has 1 aliphatic carbocycles. The van der Waals surface area contributed by atoms with Crippen LogP contribution in [0.15, 0.2) is 0 Å². The van der Waals surface area contributed by atoms with Gasteiger partial charge in [0.15, 0.2) is 0 Å². The van der Waals surface area contributed by atoms with E-state index in [-0.39, 0.29) is 11.8 Å². The molecule has 0 aromatic heterocycles. The number of nitrogens with zero attached hydrogens (tertiary/aromatic N) is 4. The maximum atomic E-state index is 12.5. The summed E-state index contributed by atoms with van der Waals surface area (Å²) >= 11 is 0. The van der Waals surface area contributed by atoms with Crippen molar-refractivity contribution in [2.75, 3.05) is 46.3 Å². The van der Waals surface area contributed by atoms with E-state index >= 15 is 0 Å². The van der Waals surface area contributed by atoms with Crippen molar-refractivity contribution < 1.29 is 9.59 Å². The monoisotopic (exact) mass is 294 g/mol. The highest BCUT2D eigenvalue weighted by Crippen LogP contribution is 2.24. The minimum absolute atomic E-state index is 0.0446. The Kier molecular flexibility index (Phi) is 4.45. The molecule has 2 saturated heterocycles. The summed E-state index contributed by atoms with van der Waals surface area (Å²) in [6.07, 6.45) is 6.35. The van der Waals surface area contributed by atoms with Gasteiger partial charge in [0.25, 0.3) is 11.8 Å². The van der Waals surface area contributed by atoms with Crippen LogP contribution < -0.4 is 0 Å². The van der Waals surface area contributed by atoms with Crippen LogP contribution in [-0.2, 0) is 9.59 Å². The molecule has 3 rings (SSSR count). The summed E-state index contributed by atoms with van der Waals surface area (Å²) in [5.74, 6) is 0.132. The van der Waals surface area contributed by atoms with Gasteiger partial charge < -0.3 is 0 Å². The van der Waals surface area contributed by atoms with E-state index in [2.05, 4.69) is 4.90 Å². The predicted molar refractivity (Wildman–Crippen MR) is 79.4 cm³/mol. The lowest BCUT2D eigenvalue weighted by molar-refractivity contribution is -0.174. The molecule has 1 saturated carbocycles. The van der Waals surface area contributed by atoms with Crippen LogP contribution in [0.3, 0.4) is 0 Å². The highest BCUT2D eigenvalue weighted by atomic mass is 16.2. The van der Waals surface area contributed by atoms with Crippen LogP contribution in [0.25, 0.3) is 0 Å². The SMILES string of the molecule is CN1CCN(N2CCN(C3CCCCC3)CC2=O)C(=O)C1. The molecular weight excluding hydrogens is 268 g/mol. The summed E-state index contributed by atoms with van der Waals surface area (Å²) in [6.45, 7) is 3.91. The summed E-state index contributed by atoms with van der Waals surface area (Å²) < 4.78 is 0. The third-order valence-corrected chi connectivity index (χ3v) is 4.99. The fourth-order valence-corrected chi connectivity index (χ4v) is 3.73. The number of hydrogen-bond donors (Lipinski definition) is 0. The molecule has 0 bridgehead atoms. The average Bonchev–Trinajstić information content (AvgIpc) is 2.49.